The van der Waals surface area contributed by atoms with E-state index in [1.54, 1.807) is 24.3 Å². The summed E-state index contributed by atoms with van der Waals surface area (Å²) in [5.74, 6) is -1.89. The molecule has 0 saturated heterocycles. The van der Waals surface area contributed by atoms with Gasteiger partial charge in [0.15, 0.2) is 0 Å². The quantitative estimate of drug-likeness (QED) is 0.493. The van der Waals surface area contributed by atoms with Gasteiger partial charge in [-0.15, -0.1) is 0 Å². The minimum atomic E-state index is -0.820. The van der Waals surface area contributed by atoms with Crippen LogP contribution in [0.3, 0.4) is 0 Å². The summed E-state index contributed by atoms with van der Waals surface area (Å²) < 4.78 is 13.0. The lowest BCUT2D eigenvalue weighted by molar-refractivity contribution is -0.115. The van der Waals surface area contributed by atoms with Crippen LogP contribution in [0.2, 0.25) is 0 Å². The van der Waals surface area contributed by atoms with E-state index in [0.717, 1.165) is 4.90 Å². The van der Waals surface area contributed by atoms with E-state index in [2.05, 4.69) is 5.32 Å². The first-order valence-corrected chi connectivity index (χ1v) is 9.18. The molecular weight excluding hydrogens is 391 g/mol. The Bertz CT molecular complexity index is 1220. The highest BCUT2D eigenvalue weighted by atomic mass is 19.1. The zero-order chi connectivity index (χ0) is 21.4. The van der Waals surface area contributed by atoms with E-state index in [4.69, 9.17) is 0 Å². The van der Waals surface area contributed by atoms with Crippen molar-refractivity contribution in [3.8, 4) is 0 Å². The second kappa shape index (κ2) is 7.47. The van der Waals surface area contributed by atoms with Gasteiger partial charge in [-0.2, -0.15) is 0 Å². The van der Waals surface area contributed by atoms with E-state index < -0.39 is 34.4 Å². The molecule has 7 nitrogen and oxygen atoms in total. The summed E-state index contributed by atoms with van der Waals surface area (Å²) in [6.45, 7) is -0.0853. The van der Waals surface area contributed by atoms with E-state index in [-0.39, 0.29) is 30.6 Å². The van der Waals surface area contributed by atoms with Crippen molar-refractivity contribution in [1.29, 1.82) is 0 Å². The van der Waals surface area contributed by atoms with Gasteiger partial charge in [0.2, 0.25) is 16.8 Å². The van der Waals surface area contributed by atoms with Crippen LogP contribution in [0.25, 0.3) is 0 Å². The molecule has 1 N–H and O–H groups in total. The first kappa shape index (κ1) is 19.4. The minimum absolute atomic E-state index is 0.0395. The summed E-state index contributed by atoms with van der Waals surface area (Å²) in [7, 11) is 0. The summed E-state index contributed by atoms with van der Waals surface area (Å²) in [5.41, 5.74) is -0.489. The van der Waals surface area contributed by atoms with Crippen LogP contribution in [-0.4, -0.2) is 29.2 Å². The van der Waals surface area contributed by atoms with E-state index in [1.807, 2.05) is 0 Å². The molecule has 0 aromatic heterocycles. The lowest BCUT2D eigenvalue weighted by atomic mass is 10.0. The maximum absolute atomic E-state index is 13.0. The summed E-state index contributed by atoms with van der Waals surface area (Å²) in [4.78, 5) is 61.8. The molecule has 0 atom stereocenters. The zero-order valence-corrected chi connectivity index (χ0v) is 15.6. The minimum Gasteiger partial charge on any atom is -0.322 e. The maximum atomic E-state index is 13.0. The Labute approximate surface area is 169 Å². The molecule has 3 amide bonds. The van der Waals surface area contributed by atoms with Crippen molar-refractivity contribution in [2.75, 3.05) is 11.9 Å². The number of benzene rings is 2. The number of amides is 3. The lowest BCUT2D eigenvalue weighted by Gasteiger charge is -2.16. The number of hydrogen-bond acceptors (Lipinski definition) is 5. The molecule has 3 aromatic rings. The van der Waals surface area contributed by atoms with Crippen LogP contribution >= 0.6 is 0 Å². The number of nitrogens with one attached hydrogen (secondary N) is 1. The Morgan fingerprint density at radius 2 is 1.47 bits per heavy atom. The number of carbonyl (C=O) groups is 3. The first-order chi connectivity index (χ1) is 14.4. The molecule has 0 saturated carbocycles. The van der Waals surface area contributed by atoms with Gasteiger partial charge in [0.1, 0.15) is 11.5 Å². The number of rotatable bonds is 6. The van der Waals surface area contributed by atoms with Gasteiger partial charge in [-0.25, -0.2) is 4.39 Å². The van der Waals surface area contributed by atoms with Crippen molar-refractivity contribution >= 4 is 23.4 Å². The third-order valence-electron chi connectivity index (χ3n) is 5.02. The van der Waals surface area contributed by atoms with Crippen molar-refractivity contribution in [1.82, 2.24) is 4.90 Å². The van der Waals surface area contributed by atoms with E-state index in [0.29, 0.717) is 16.7 Å². The molecule has 0 unspecified atom stereocenters. The Morgan fingerprint density at radius 3 is 2.07 bits per heavy atom. The van der Waals surface area contributed by atoms with Crippen molar-refractivity contribution in [3.05, 3.63) is 97.0 Å². The average molecular weight is 406 g/mol. The first-order valence-electron chi connectivity index (χ1n) is 9.18. The highest BCUT2D eigenvalue weighted by Crippen LogP contribution is 2.23. The SMILES string of the molecule is O=C(Cc1ccc(F)cc1)Nc1c(CCN2C(=O)c3ccccc3C2=O)c(=O)c1=O. The van der Waals surface area contributed by atoms with Gasteiger partial charge in [0.25, 0.3) is 11.8 Å². The van der Waals surface area contributed by atoms with Crippen LogP contribution in [0.15, 0.2) is 58.1 Å². The summed E-state index contributed by atoms with van der Waals surface area (Å²) in [5, 5.41) is 2.41. The number of fused-ring (bicyclic) bond motifs is 1. The summed E-state index contributed by atoms with van der Waals surface area (Å²) in [6.07, 6.45) is -0.140. The Kier molecular flexibility index (Phi) is 4.83. The molecule has 8 heteroatoms. The number of imide groups is 1. The normalized spacial score (nSPS) is 13.0. The summed E-state index contributed by atoms with van der Waals surface area (Å²) in [6, 6.07) is 11.7. The molecule has 150 valence electrons. The van der Waals surface area contributed by atoms with E-state index in [9.17, 15) is 28.4 Å². The second-order valence-corrected chi connectivity index (χ2v) is 6.92. The fraction of sp³-hybridized carbons (Fsp3) is 0.136. The Hall–Kier alpha value is -3.94. The molecule has 0 fully saturated rings. The largest absolute Gasteiger partial charge is 0.322 e. The van der Waals surface area contributed by atoms with Gasteiger partial charge in [0.05, 0.1) is 17.5 Å². The third-order valence-corrected chi connectivity index (χ3v) is 5.02. The predicted octanol–water partition coefficient (Wildman–Crippen LogP) is 1.44. The van der Waals surface area contributed by atoms with Crippen LogP contribution in [-0.2, 0) is 17.6 Å². The van der Waals surface area contributed by atoms with Crippen LogP contribution < -0.4 is 16.2 Å². The molecule has 1 heterocycles. The number of anilines is 1. The molecule has 1 aliphatic rings. The molecule has 1 aliphatic heterocycles. The molecule has 0 bridgehead atoms. The van der Waals surface area contributed by atoms with Gasteiger partial charge in [-0.05, 0) is 36.2 Å². The molecule has 30 heavy (non-hydrogen) atoms. The molecule has 0 spiro atoms. The number of nitrogens with zero attached hydrogens (tertiary/aromatic N) is 1. The van der Waals surface area contributed by atoms with Crippen molar-refractivity contribution in [2.24, 2.45) is 0 Å². The van der Waals surface area contributed by atoms with Crippen LogP contribution in [0.4, 0.5) is 10.1 Å². The van der Waals surface area contributed by atoms with Crippen molar-refractivity contribution in [3.63, 3.8) is 0 Å². The molecule has 3 aromatic carbocycles. The van der Waals surface area contributed by atoms with E-state index in [1.165, 1.54) is 24.3 Å². The van der Waals surface area contributed by atoms with Gasteiger partial charge in [-0.3, -0.25) is 28.9 Å². The predicted molar refractivity (Wildman–Crippen MR) is 106 cm³/mol. The number of halogens is 1. The van der Waals surface area contributed by atoms with Gasteiger partial charge in [0, 0.05) is 12.1 Å². The van der Waals surface area contributed by atoms with Crippen molar-refractivity contribution in [2.45, 2.75) is 12.8 Å². The third kappa shape index (κ3) is 3.32. The maximum Gasteiger partial charge on any atom is 0.261 e. The topological polar surface area (TPSA) is 101 Å². The number of carbonyl (C=O) groups excluding carboxylic acids is 3. The lowest BCUT2D eigenvalue weighted by Crippen LogP contribution is -2.42. The van der Waals surface area contributed by atoms with E-state index >= 15 is 0 Å². The fourth-order valence-corrected chi connectivity index (χ4v) is 3.45. The van der Waals surface area contributed by atoms with Gasteiger partial charge < -0.3 is 5.32 Å². The van der Waals surface area contributed by atoms with Gasteiger partial charge >= 0.3 is 0 Å². The number of hydrogen-bond donors (Lipinski definition) is 1. The second-order valence-electron chi connectivity index (χ2n) is 6.92. The Morgan fingerprint density at radius 1 is 0.867 bits per heavy atom. The highest BCUT2D eigenvalue weighted by Gasteiger charge is 2.35. The molecule has 0 radical (unpaired) electrons. The van der Waals surface area contributed by atoms with Crippen LogP contribution in [0.1, 0.15) is 31.8 Å². The van der Waals surface area contributed by atoms with Gasteiger partial charge in [-0.1, -0.05) is 24.3 Å². The molecule has 4 rings (SSSR count). The fourth-order valence-electron chi connectivity index (χ4n) is 3.45. The highest BCUT2D eigenvalue weighted by molar-refractivity contribution is 6.21. The summed E-state index contributed by atoms with van der Waals surface area (Å²) >= 11 is 0. The monoisotopic (exact) mass is 406 g/mol. The van der Waals surface area contributed by atoms with Crippen LogP contribution in [0, 0.1) is 5.82 Å². The Balaban J connectivity index is 1.44. The zero-order valence-electron chi connectivity index (χ0n) is 15.6. The molecular formula is C22H15FN2O5. The average Bonchev–Trinajstić information content (AvgIpc) is 2.99. The van der Waals surface area contributed by atoms with Crippen molar-refractivity contribution < 1.29 is 18.8 Å². The van der Waals surface area contributed by atoms with Crippen LogP contribution in [0.5, 0.6) is 0 Å². The molecule has 0 aliphatic carbocycles. The standard InChI is InChI=1S/C22H15FN2O5/c23-13-7-5-12(6-8-13)11-17(26)24-18-16(19(27)20(18)28)9-10-25-21(29)14-3-1-2-4-15(14)22(25)30/h1-8H,9-11H2,(H,24,26). The smallest absolute Gasteiger partial charge is 0.261 e.